The minimum Gasteiger partial charge on any atom is -0.445 e. The molecule has 1 saturated carbocycles. The Morgan fingerprint density at radius 3 is 2.76 bits per heavy atom. The molecule has 0 saturated heterocycles. The molecule has 0 radical (unpaired) electrons. The molecule has 0 unspecified atom stereocenters. The number of oxazole rings is 1. The molecule has 0 aliphatic heterocycles. The smallest absolute Gasteiger partial charge is 0.248 e. The number of hydrogen-bond acceptors (Lipinski definition) is 3. The van der Waals surface area contributed by atoms with E-state index in [9.17, 15) is 8.78 Å². The second-order valence-corrected chi connectivity index (χ2v) is 6.49. The van der Waals surface area contributed by atoms with Gasteiger partial charge in [-0.05, 0) is 38.3 Å². The molecule has 1 aliphatic rings. The Labute approximate surface area is 125 Å². The molecule has 1 aromatic heterocycles. The van der Waals surface area contributed by atoms with Crippen LogP contribution in [0.3, 0.4) is 0 Å². The van der Waals surface area contributed by atoms with E-state index in [1.165, 1.54) is 0 Å². The zero-order valence-corrected chi connectivity index (χ0v) is 13.0. The molecule has 1 N–H and O–H groups in total. The van der Waals surface area contributed by atoms with Crippen LogP contribution in [0.1, 0.15) is 63.5 Å². The van der Waals surface area contributed by atoms with Gasteiger partial charge in [-0.2, -0.15) is 0 Å². The third-order valence-electron chi connectivity index (χ3n) is 3.99. The molecule has 0 bridgehead atoms. The Hall–Kier alpha value is -0.970. The van der Waals surface area contributed by atoms with Gasteiger partial charge in [-0.15, -0.1) is 0 Å². The molecule has 1 heterocycles. The molecule has 5 heteroatoms. The normalized spacial score (nSPS) is 19.3. The predicted molar refractivity (Wildman–Crippen MR) is 78.7 cm³/mol. The Morgan fingerprint density at radius 1 is 1.38 bits per heavy atom. The molecule has 1 fully saturated rings. The number of aromatic nitrogens is 1. The van der Waals surface area contributed by atoms with E-state index in [0.29, 0.717) is 18.8 Å². The highest BCUT2D eigenvalue weighted by atomic mass is 19.3. The maximum atomic E-state index is 13.1. The lowest BCUT2D eigenvalue weighted by Crippen LogP contribution is -2.23. The van der Waals surface area contributed by atoms with Crippen molar-refractivity contribution in [1.82, 2.24) is 10.3 Å². The van der Waals surface area contributed by atoms with Gasteiger partial charge in [-0.3, -0.25) is 0 Å². The molecule has 0 aromatic carbocycles. The summed E-state index contributed by atoms with van der Waals surface area (Å²) in [5.74, 6) is -0.196. The van der Waals surface area contributed by atoms with Crippen molar-refractivity contribution < 1.29 is 13.2 Å². The van der Waals surface area contributed by atoms with Crippen LogP contribution in [0.5, 0.6) is 0 Å². The summed E-state index contributed by atoms with van der Waals surface area (Å²) in [4.78, 5) is 4.28. The van der Waals surface area contributed by atoms with Crippen molar-refractivity contribution >= 4 is 0 Å². The summed E-state index contributed by atoms with van der Waals surface area (Å²) in [6.45, 7) is 6.33. The molecule has 1 aliphatic carbocycles. The number of hydrogen-bond donors (Lipinski definition) is 1. The van der Waals surface area contributed by atoms with Gasteiger partial charge in [-0.1, -0.05) is 13.8 Å². The zero-order valence-electron chi connectivity index (χ0n) is 13.0. The highest BCUT2D eigenvalue weighted by Crippen LogP contribution is 2.40. The summed E-state index contributed by atoms with van der Waals surface area (Å²) >= 11 is 0. The van der Waals surface area contributed by atoms with Crippen LogP contribution >= 0.6 is 0 Å². The van der Waals surface area contributed by atoms with Crippen LogP contribution in [0.25, 0.3) is 0 Å². The molecule has 1 aromatic rings. The van der Waals surface area contributed by atoms with Crippen LogP contribution in [0.2, 0.25) is 0 Å². The average Bonchev–Trinajstić information content (AvgIpc) is 2.86. The third kappa shape index (κ3) is 5.38. The van der Waals surface area contributed by atoms with Gasteiger partial charge >= 0.3 is 0 Å². The number of nitrogens with zero attached hydrogens (tertiary/aromatic N) is 1. The van der Waals surface area contributed by atoms with Crippen LogP contribution in [-0.4, -0.2) is 24.0 Å². The van der Waals surface area contributed by atoms with Gasteiger partial charge in [0, 0.05) is 25.2 Å². The van der Waals surface area contributed by atoms with E-state index >= 15 is 0 Å². The highest BCUT2D eigenvalue weighted by molar-refractivity contribution is 5.04. The Morgan fingerprint density at radius 2 is 2.10 bits per heavy atom. The Bertz CT molecular complexity index is 422. The van der Waals surface area contributed by atoms with E-state index < -0.39 is 5.92 Å². The standard InChI is InChI=1S/C16H26F2N2O/c1-12(2)10-19-9-3-4-15-20-11-14(21-15)13-5-7-16(17,18)8-6-13/h11-13,19H,3-10H2,1-2H3. The van der Waals surface area contributed by atoms with Gasteiger partial charge in [0.25, 0.3) is 0 Å². The Kier molecular flexibility index (Phi) is 5.73. The second-order valence-electron chi connectivity index (χ2n) is 6.49. The molecule has 0 atom stereocenters. The van der Waals surface area contributed by atoms with Crippen LogP contribution in [0.15, 0.2) is 10.6 Å². The number of rotatable bonds is 7. The van der Waals surface area contributed by atoms with Gasteiger partial charge < -0.3 is 9.73 Å². The van der Waals surface area contributed by atoms with E-state index in [4.69, 9.17) is 4.42 Å². The third-order valence-corrected chi connectivity index (χ3v) is 3.99. The van der Waals surface area contributed by atoms with Gasteiger partial charge in [0.1, 0.15) is 5.76 Å². The largest absolute Gasteiger partial charge is 0.445 e. The quantitative estimate of drug-likeness (QED) is 0.769. The van der Waals surface area contributed by atoms with Gasteiger partial charge in [0.15, 0.2) is 5.89 Å². The maximum absolute atomic E-state index is 13.1. The minimum atomic E-state index is -2.48. The SMILES string of the molecule is CC(C)CNCCCc1ncc(C2CCC(F)(F)CC2)o1. The molecule has 21 heavy (non-hydrogen) atoms. The second kappa shape index (κ2) is 7.34. The van der Waals surface area contributed by atoms with Crippen molar-refractivity contribution in [3.8, 4) is 0 Å². The monoisotopic (exact) mass is 300 g/mol. The lowest BCUT2D eigenvalue weighted by Gasteiger charge is -2.26. The molecule has 0 amide bonds. The summed E-state index contributed by atoms with van der Waals surface area (Å²) < 4.78 is 32.0. The number of halogens is 2. The Balaban J connectivity index is 1.72. The van der Waals surface area contributed by atoms with Crippen molar-refractivity contribution in [1.29, 1.82) is 0 Å². The number of nitrogens with one attached hydrogen (secondary N) is 1. The fraction of sp³-hybridized carbons (Fsp3) is 0.812. The first kappa shape index (κ1) is 16.4. The summed E-state index contributed by atoms with van der Waals surface area (Å²) in [6.07, 6.45) is 4.43. The van der Waals surface area contributed by atoms with Crippen molar-refractivity contribution in [2.24, 2.45) is 5.92 Å². The van der Waals surface area contributed by atoms with Gasteiger partial charge in [-0.25, -0.2) is 13.8 Å². The molecule has 3 nitrogen and oxygen atoms in total. The van der Waals surface area contributed by atoms with Crippen molar-refractivity contribution in [2.75, 3.05) is 13.1 Å². The summed E-state index contributed by atoms with van der Waals surface area (Å²) in [5, 5.41) is 3.38. The van der Waals surface area contributed by atoms with E-state index in [0.717, 1.165) is 37.6 Å². The first-order chi connectivity index (χ1) is 9.96. The van der Waals surface area contributed by atoms with Crippen molar-refractivity contribution in [3.63, 3.8) is 0 Å². The van der Waals surface area contributed by atoms with Crippen LogP contribution in [0.4, 0.5) is 8.78 Å². The fourth-order valence-electron chi connectivity index (χ4n) is 2.71. The first-order valence-electron chi connectivity index (χ1n) is 7.99. The zero-order chi connectivity index (χ0) is 15.3. The molecular formula is C16H26F2N2O. The summed E-state index contributed by atoms with van der Waals surface area (Å²) in [5.41, 5.74) is 0. The van der Waals surface area contributed by atoms with Gasteiger partial charge in [0.05, 0.1) is 6.20 Å². The summed E-state index contributed by atoms with van der Waals surface area (Å²) in [6, 6.07) is 0. The lowest BCUT2D eigenvalue weighted by molar-refractivity contribution is -0.0395. The van der Waals surface area contributed by atoms with Crippen LogP contribution in [0, 0.1) is 5.92 Å². The first-order valence-corrected chi connectivity index (χ1v) is 7.99. The van der Waals surface area contributed by atoms with Gasteiger partial charge in [0.2, 0.25) is 5.92 Å². The average molecular weight is 300 g/mol. The summed E-state index contributed by atoms with van der Waals surface area (Å²) in [7, 11) is 0. The van der Waals surface area contributed by atoms with E-state index in [2.05, 4.69) is 24.1 Å². The number of alkyl halides is 2. The minimum absolute atomic E-state index is 0.0349. The van der Waals surface area contributed by atoms with Crippen LogP contribution < -0.4 is 5.32 Å². The molecular weight excluding hydrogens is 274 g/mol. The topological polar surface area (TPSA) is 38.1 Å². The number of aryl methyl sites for hydroxylation is 1. The lowest BCUT2D eigenvalue weighted by atomic mass is 9.85. The molecule has 0 spiro atoms. The van der Waals surface area contributed by atoms with E-state index in [1.54, 1.807) is 6.20 Å². The van der Waals surface area contributed by atoms with Crippen molar-refractivity contribution in [3.05, 3.63) is 17.8 Å². The fourth-order valence-corrected chi connectivity index (χ4v) is 2.71. The molecule has 2 rings (SSSR count). The van der Waals surface area contributed by atoms with E-state index in [-0.39, 0.29) is 18.8 Å². The van der Waals surface area contributed by atoms with Crippen molar-refractivity contribution in [2.45, 2.75) is 64.2 Å². The van der Waals surface area contributed by atoms with E-state index in [1.807, 2.05) is 0 Å². The van der Waals surface area contributed by atoms with Crippen LogP contribution in [-0.2, 0) is 6.42 Å². The molecule has 120 valence electrons. The maximum Gasteiger partial charge on any atom is 0.248 e. The predicted octanol–water partition coefficient (Wildman–Crippen LogP) is 4.15. The highest BCUT2D eigenvalue weighted by Gasteiger charge is 2.36.